The number of aryl methyl sites for hydroxylation is 1. The van der Waals surface area contributed by atoms with Gasteiger partial charge in [0.15, 0.2) is 0 Å². The fraction of sp³-hybridized carbons (Fsp3) is 0.640. The molecule has 4 amide bonds. The number of carbonyl (C=O) groups is 3. The molecule has 1 aromatic heterocycles. The van der Waals surface area contributed by atoms with E-state index in [0.29, 0.717) is 12.5 Å². The lowest BCUT2D eigenvalue weighted by molar-refractivity contribution is -0.124. The number of urea groups is 1. The maximum absolute atomic E-state index is 13.6. The third-order valence-electron chi connectivity index (χ3n) is 6.98. The smallest absolute Gasteiger partial charge is 0.341 e. The first-order valence-corrected chi connectivity index (χ1v) is 12.6. The molecule has 0 aliphatic heterocycles. The van der Waals surface area contributed by atoms with Gasteiger partial charge >= 0.3 is 6.03 Å². The Labute approximate surface area is 205 Å². The number of nitrogens with zero attached hydrogens (tertiary/aromatic N) is 2. The number of nitrogens with two attached hydrogens (primary N) is 2. The van der Waals surface area contributed by atoms with E-state index < -0.39 is 29.3 Å². The second-order valence-electron chi connectivity index (χ2n) is 10.2. The third-order valence-corrected chi connectivity index (χ3v) is 6.98. The Balaban J connectivity index is 1.91. The minimum absolute atomic E-state index is 0.0415. The fourth-order valence-electron chi connectivity index (χ4n) is 5.04. The Morgan fingerprint density at radius 2 is 1.66 bits per heavy atom. The van der Waals surface area contributed by atoms with Gasteiger partial charge in [0.25, 0.3) is 17.4 Å². The average molecular weight is 487 g/mol. The van der Waals surface area contributed by atoms with Gasteiger partial charge in [-0.1, -0.05) is 32.1 Å². The number of hydrogen-bond acceptors (Lipinski definition) is 4. The molecule has 0 unspecified atom stereocenters. The lowest BCUT2D eigenvalue weighted by atomic mass is 9.88. The summed E-state index contributed by atoms with van der Waals surface area (Å²) in [5.74, 6) is -1.35. The molecule has 1 heterocycles. The number of rotatable bonds is 5. The van der Waals surface area contributed by atoms with Crippen molar-refractivity contribution in [2.24, 2.45) is 22.4 Å². The molecule has 0 radical (unpaired) electrons. The highest BCUT2D eigenvalue weighted by Gasteiger charge is 2.32. The monoisotopic (exact) mass is 486 g/mol. The molecule has 6 N–H and O–H groups in total. The second kappa shape index (κ2) is 11.5. The standard InChI is InChI=1S/C25H38N6O4/c1-25(2,22(34)28-23(26)29-24(27)35)30-20(32)18-14-17-12-8-3-4-9-13-19(17)31(21(18)33)15-16-10-6-5-7-11-16/h14,16H,3-13,15H2,1-2H3,(H,30,32)(H5,26,27,28,29,34,35). The summed E-state index contributed by atoms with van der Waals surface area (Å²) in [5.41, 5.74) is 10.9. The van der Waals surface area contributed by atoms with E-state index in [4.69, 9.17) is 11.5 Å². The average Bonchev–Trinajstić information content (AvgIpc) is 2.76. The van der Waals surface area contributed by atoms with Gasteiger partial charge in [0.2, 0.25) is 5.96 Å². The molecule has 1 aromatic rings. The van der Waals surface area contributed by atoms with Gasteiger partial charge in [-0.15, -0.1) is 0 Å². The van der Waals surface area contributed by atoms with Gasteiger partial charge in [-0.25, -0.2) is 4.79 Å². The number of fused-ring (bicyclic) bond motifs is 1. The van der Waals surface area contributed by atoms with Crippen LogP contribution >= 0.6 is 0 Å². The molecule has 0 saturated heterocycles. The third kappa shape index (κ3) is 6.93. The quantitative estimate of drug-likeness (QED) is 0.369. The van der Waals surface area contributed by atoms with E-state index in [2.05, 4.69) is 15.6 Å². The summed E-state index contributed by atoms with van der Waals surface area (Å²) in [6.07, 6.45) is 11.8. The highest BCUT2D eigenvalue weighted by Crippen LogP contribution is 2.27. The lowest BCUT2D eigenvalue weighted by Crippen LogP contribution is -2.57. The molecule has 1 saturated carbocycles. The van der Waals surface area contributed by atoms with Crippen molar-refractivity contribution < 1.29 is 14.4 Å². The summed E-state index contributed by atoms with van der Waals surface area (Å²) in [5, 5.41) is 4.89. The van der Waals surface area contributed by atoms with E-state index in [1.165, 1.54) is 33.1 Å². The van der Waals surface area contributed by atoms with E-state index in [9.17, 15) is 19.2 Å². The van der Waals surface area contributed by atoms with Crippen molar-refractivity contribution in [2.75, 3.05) is 0 Å². The molecule has 1 fully saturated rings. The Morgan fingerprint density at radius 1 is 1.03 bits per heavy atom. The minimum Gasteiger partial charge on any atom is -0.369 e. The van der Waals surface area contributed by atoms with E-state index in [-0.39, 0.29) is 11.1 Å². The maximum atomic E-state index is 13.6. The van der Waals surface area contributed by atoms with Crippen LogP contribution in [0.5, 0.6) is 0 Å². The van der Waals surface area contributed by atoms with Crippen molar-refractivity contribution in [3.63, 3.8) is 0 Å². The van der Waals surface area contributed by atoms with Crippen molar-refractivity contribution in [3.05, 3.63) is 33.2 Å². The highest BCUT2D eigenvalue weighted by molar-refractivity contribution is 6.06. The zero-order chi connectivity index (χ0) is 25.6. The van der Waals surface area contributed by atoms with Crippen LogP contribution in [0.3, 0.4) is 0 Å². The first-order chi connectivity index (χ1) is 16.6. The van der Waals surface area contributed by atoms with Gasteiger partial charge in [-0.05, 0) is 69.9 Å². The molecule has 0 bridgehead atoms. The summed E-state index contributed by atoms with van der Waals surface area (Å²) < 4.78 is 1.84. The van der Waals surface area contributed by atoms with Crippen LogP contribution in [0.1, 0.15) is 93.3 Å². The molecule has 10 heteroatoms. The number of aromatic nitrogens is 1. The topological polar surface area (TPSA) is 162 Å². The van der Waals surface area contributed by atoms with Crippen LogP contribution in [0.2, 0.25) is 0 Å². The van der Waals surface area contributed by atoms with Crippen molar-refractivity contribution in [2.45, 2.75) is 96.6 Å². The van der Waals surface area contributed by atoms with Crippen molar-refractivity contribution in [1.82, 2.24) is 15.2 Å². The summed E-state index contributed by atoms with van der Waals surface area (Å²) in [7, 11) is 0. The van der Waals surface area contributed by atoms with Crippen molar-refractivity contribution in [3.8, 4) is 0 Å². The second-order valence-corrected chi connectivity index (χ2v) is 10.2. The summed E-state index contributed by atoms with van der Waals surface area (Å²) in [6.45, 7) is 3.59. The van der Waals surface area contributed by atoms with Crippen LogP contribution in [0.4, 0.5) is 4.79 Å². The molecule has 0 atom stereocenters. The van der Waals surface area contributed by atoms with Crippen LogP contribution in [-0.4, -0.2) is 33.9 Å². The Morgan fingerprint density at radius 3 is 2.31 bits per heavy atom. The predicted molar refractivity (Wildman–Crippen MR) is 134 cm³/mol. The van der Waals surface area contributed by atoms with Gasteiger partial charge in [-0.2, -0.15) is 4.99 Å². The fourth-order valence-corrected chi connectivity index (χ4v) is 5.04. The van der Waals surface area contributed by atoms with Crippen LogP contribution < -0.4 is 27.7 Å². The summed E-state index contributed by atoms with van der Waals surface area (Å²) in [4.78, 5) is 53.7. The lowest BCUT2D eigenvalue weighted by Gasteiger charge is -2.28. The van der Waals surface area contributed by atoms with Crippen LogP contribution in [0.15, 0.2) is 15.9 Å². The van der Waals surface area contributed by atoms with E-state index in [1.807, 2.05) is 4.57 Å². The zero-order valence-electron chi connectivity index (χ0n) is 20.8. The molecular weight excluding hydrogens is 448 g/mol. The molecule has 3 rings (SSSR count). The number of carbonyl (C=O) groups excluding carboxylic acids is 3. The van der Waals surface area contributed by atoms with Crippen molar-refractivity contribution >= 4 is 23.8 Å². The van der Waals surface area contributed by atoms with E-state index in [0.717, 1.165) is 62.6 Å². The first kappa shape index (κ1) is 26.4. The summed E-state index contributed by atoms with van der Waals surface area (Å²) >= 11 is 0. The number of aliphatic imine (C=N–C) groups is 1. The van der Waals surface area contributed by atoms with Gasteiger partial charge in [0, 0.05) is 12.2 Å². The molecule has 2 aliphatic rings. The van der Waals surface area contributed by atoms with Gasteiger partial charge in [0.1, 0.15) is 11.1 Å². The zero-order valence-corrected chi connectivity index (χ0v) is 20.8. The number of pyridine rings is 1. The highest BCUT2D eigenvalue weighted by atomic mass is 16.2. The van der Waals surface area contributed by atoms with Crippen LogP contribution in [-0.2, 0) is 24.2 Å². The Bertz CT molecular complexity index is 1050. The van der Waals surface area contributed by atoms with E-state index in [1.54, 1.807) is 6.07 Å². The SMILES string of the molecule is CC(C)(NC(=O)c1cc2c(n(CC3CCCCC3)c1=O)CCCCCC2)C(=O)NC(N)=NC(N)=O. The minimum atomic E-state index is -1.43. The molecule has 2 aliphatic carbocycles. The number of guanidine groups is 1. The molecule has 192 valence electrons. The van der Waals surface area contributed by atoms with Gasteiger partial charge in [-0.3, -0.25) is 19.7 Å². The Hall–Kier alpha value is -3.17. The summed E-state index contributed by atoms with van der Waals surface area (Å²) in [6, 6.07) is 0.663. The number of hydrogen-bond donors (Lipinski definition) is 4. The maximum Gasteiger partial charge on any atom is 0.341 e. The molecule has 0 aromatic carbocycles. The number of amides is 4. The van der Waals surface area contributed by atoms with Crippen LogP contribution in [0, 0.1) is 5.92 Å². The van der Waals surface area contributed by atoms with Crippen LogP contribution in [0.25, 0.3) is 0 Å². The molecule has 35 heavy (non-hydrogen) atoms. The number of nitrogens with one attached hydrogen (secondary N) is 2. The first-order valence-electron chi connectivity index (χ1n) is 12.6. The Kier molecular flexibility index (Phi) is 8.69. The van der Waals surface area contributed by atoms with Gasteiger partial charge < -0.3 is 21.4 Å². The van der Waals surface area contributed by atoms with Gasteiger partial charge in [0.05, 0.1) is 0 Å². The molecular formula is C25H38N6O4. The molecule has 0 spiro atoms. The molecule has 10 nitrogen and oxygen atoms in total. The largest absolute Gasteiger partial charge is 0.369 e. The van der Waals surface area contributed by atoms with E-state index >= 15 is 0 Å². The predicted octanol–water partition coefficient (Wildman–Crippen LogP) is 2.11. The van der Waals surface area contributed by atoms with Crippen molar-refractivity contribution in [1.29, 1.82) is 0 Å². The normalized spacial score (nSPS) is 17.6. The number of primary amides is 1.